The number of hydrogen-bond acceptors (Lipinski definition) is 2. The number of urea groups is 1. The molecule has 0 fully saturated rings. The SMILES string of the molecule is CCCNC(=O)N[C@@H]1CC(C)(C)Cc2c1cnn2-c1cccc(F)c1. The van der Waals surface area contributed by atoms with Gasteiger partial charge in [-0.15, -0.1) is 0 Å². The molecule has 0 radical (unpaired) electrons. The van der Waals surface area contributed by atoms with E-state index in [4.69, 9.17) is 0 Å². The van der Waals surface area contributed by atoms with Crippen LogP contribution >= 0.6 is 0 Å². The van der Waals surface area contributed by atoms with Crippen molar-refractivity contribution in [2.45, 2.75) is 46.1 Å². The lowest BCUT2D eigenvalue weighted by atomic mass is 9.74. The third kappa shape index (κ3) is 3.83. The third-order valence-electron chi connectivity index (χ3n) is 4.57. The van der Waals surface area contributed by atoms with E-state index in [0.29, 0.717) is 12.2 Å². The Morgan fingerprint density at radius 2 is 2.24 bits per heavy atom. The van der Waals surface area contributed by atoms with Crippen molar-refractivity contribution in [3.8, 4) is 5.69 Å². The Morgan fingerprint density at radius 3 is 2.96 bits per heavy atom. The normalized spacial score (nSPS) is 18.5. The minimum Gasteiger partial charge on any atom is -0.338 e. The molecular weight excluding hydrogens is 319 g/mol. The minimum atomic E-state index is -0.287. The monoisotopic (exact) mass is 344 g/mol. The molecule has 3 rings (SSSR count). The fourth-order valence-corrected chi connectivity index (χ4v) is 3.45. The maximum atomic E-state index is 13.6. The number of fused-ring (bicyclic) bond motifs is 1. The molecule has 0 saturated carbocycles. The second-order valence-electron chi connectivity index (χ2n) is 7.44. The molecule has 1 heterocycles. The van der Waals surface area contributed by atoms with Crippen LogP contribution in [-0.2, 0) is 6.42 Å². The molecule has 0 unspecified atom stereocenters. The van der Waals surface area contributed by atoms with Gasteiger partial charge >= 0.3 is 6.03 Å². The molecule has 5 nitrogen and oxygen atoms in total. The Hall–Kier alpha value is -2.37. The summed E-state index contributed by atoms with van der Waals surface area (Å²) in [5.74, 6) is -0.287. The first-order valence-corrected chi connectivity index (χ1v) is 8.77. The summed E-state index contributed by atoms with van der Waals surface area (Å²) < 4.78 is 15.4. The van der Waals surface area contributed by atoms with Crippen molar-refractivity contribution >= 4 is 6.03 Å². The molecule has 0 bridgehead atoms. The molecule has 1 aliphatic carbocycles. The standard InChI is InChI=1S/C19H25FN4O/c1-4-8-21-18(25)23-16-10-19(2,3)11-17-15(16)12-22-24(17)14-7-5-6-13(20)9-14/h5-7,9,12,16H,4,8,10-11H2,1-3H3,(H2,21,23,25)/t16-/m1/s1. The maximum Gasteiger partial charge on any atom is 0.315 e. The van der Waals surface area contributed by atoms with Crippen molar-refractivity contribution in [2.75, 3.05) is 6.54 Å². The van der Waals surface area contributed by atoms with Gasteiger partial charge in [-0.1, -0.05) is 26.8 Å². The number of amides is 2. The number of nitrogens with one attached hydrogen (secondary N) is 2. The Kier molecular flexibility index (Phi) is 4.79. The molecule has 2 amide bonds. The van der Waals surface area contributed by atoms with Gasteiger partial charge in [-0.3, -0.25) is 0 Å². The van der Waals surface area contributed by atoms with Crippen molar-refractivity contribution in [1.82, 2.24) is 20.4 Å². The lowest BCUT2D eigenvalue weighted by molar-refractivity contribution is 0.221. The summed E-state index contributed by atoms with van der Waals surface area (Å²) >= 11 is 0. The first-order chi connectivity index (χ1) is 11.9. The molecule has 25 heavy (non-hydrogen) atoms. The zero-order valence-electron chi connectivity index (χ0n) is 15.0. The van der Waals surface area contributed by atoms with Crippen LogP contribution in [0.4, 0.5) is 9.18 Å². The van der Waals surface area contributed by atoms with E-state index in [1.165, 1.54) is 12.1 Å². The van der Waals surface area contributed by atoms with Crippen LogP contribution in [0, 0.1) is 11.2 Å². The van der Waals surface area contributed by atoms with Crippen LogP contribution in [0.1, 0.15) is 50.9 Å². The number of nitrogens with zero attached hydrogens (tertiary/aromatic N) is 2. The van der Waals surface area contributed by atoms with Gasteiger partial charge in [-0.05, 0) is 42.9 Å². The molecule has 2 N–H and O–H groups in total. The lowest BCUT2D eigenvalue weighted by Crippen LogP contribution is -2.42. The van der Waals surface area contributed by atoms with Gasteiger partial charge in [0, 0.05) is 12.1 Å². The van der Waals surface area contributed by atoms with E-state index in [9.17, 15) is 9.18 Å². The van der Waals surface area contributed by atoms with Gasteiger partial charge in [0.1, 0.15) is 5.82 Å². The summed E-state index contributed by atoms with van der Waals surface area (Å²) in [5.41, 5.74) is 2.76. The van der Waals surface area contributed by atoms with Gasteiger partial charge in [0.05, 0.1) is 23.6 Å². The van der Waals surface area contributed by atoms with Crippen LogP contribution in [0.5, 0.6) is 0 Å². The average molecular weight is 344 g/mol. The molecule has 1 aromatic heterocycles. The Morgan fingerprint density at radius 1 is 1.44 bits per heavy atom. The van der Waals surface area contributed by atoms with Crippen LogP contribution in [-0.4, -0.2) is 22.4 Å². The van der Waals surface area contributed by atoms with E-state index in [0.717, 1.165) is 30.5 Å². The van der Waals surface area contributed by atoms with Crippen molar-refractivity contribution in [3.05, 3.63) is 47.5 Å². The van der Waals surface area contributed by atoms with Gasteiger partial charge in [0.15, 0.2) is 0 Å². The predicted molar refractivity (Wildman–Crippen MR) is 95.2 cm³/mol. The number of rotatable bonds is 4. The van der Waals surface area contributed by atoms with E-state index in [1.807, 2.05) is 13.0 Å². The zero-order valence-corrected chi connectivity index (χ0v) is 15.0. The van der Waals surface area contributed by atoms with Gasteiger partial charge in [0.25, 0.3) is 0 Å². The van der Waals surface area contributed by atoms with Gasteiger partial charge in [-0.25, -0.2) is 13.9 Å². The topological polar surface area (TPSA) is 59.0 Å². The van der Waals surface area contributed by atoms with Crippen LogP contribution in [0.15, 0.2) is 30.5 Å². The van der Waals surface area contributed by atoms with E-state index in [-0.39, 0.29) is 23.3 Å². The molecule has 134 valence electrons. The number of benzene rings is 1. The van der Waals surface area contributed by atoms with Crippen LogP contribution in [0.25, 0.3) is 5.69 Å². The zero-order chi connectivity index (χ0) is 18.0. The molecule has 0 aliphatic heterocycles. The molecule has 0 spiro atoms. The highest BCUT2D eigenvalue weighted by Crippen LogP contribution is 2.41. The summed E-state index contributed by atoms with van der Waals surface area (Å²) in [4.78, 5) is 12.1. The molecule has 1 aromatic carbocycles. The molecular formula is C19H25FN4O. The first kappa shape index (κ1) is 17.5. The van der Waals surface area contributed by atoms with Gasteiger partial charge in [-0.2, -0.15) is 5.10 Å². The lowest BCUT2D eigenvalue weighted by Gasteiger charge is -2.36. The van der Waals surface area contributed by atoms with E-state index < -0.39 is 0 Å². The van der Waals surface area contributed by atoms with Crippen LogP contribution < -0.4 is 10.6 Å². The highest BCUT2D eigenvalue weighted by molar-refractivity contribution is 5.74. The fraction of sp³-hybridized carbons (Fsp3) is 0.474. The van der Waals surface area contributed by atoms with Crippen LogP contribution in [0.3, 0.4) is 0 Å². The molecule has 1 aliphatic rings. The number of carbonyl (C=O) groups excluding carboxylic acids is 1. The number of carbonyl (C=O) groups is 1. The third-order valence-corrected chi connectivity index (χ3v) is 4.57. The Balaban J connectivity index is 1.92. The van der Waals surface area contributed by atoms with Crippen molar-refractivity contribution < 1.29 is 9.18 Å². The molecule has 6 heteroatoms. The summed E-state index contributed by atoms with van der Waals surface area (Å²) in [5, 5.41) is 10.4. The highest BCUT2D eigenvalue weighted by atomic mass is 19.1. The Bertz CT molecular complexity index is 769. The number of hydrogen-bond donors (Lipinski definition) is 2. The molecule has 0 saturated heterocycles. The largest absolute Gasteiger partial charge is 0.338 e. The van der Waals surface area contributed by atoms with Gasteiger partial charge in [0.2, 0.25) is 0 Å². The van der Waals surface area contributed by atoms with Crippen molar-refractivity contribution in [1.29, 1.82) is 0 Å². The van der Waals surface area contributed by atoms with E-state index in [2.05, 4.69) is 29.6 Å². The summed E-state index contributed by atoms with van der Waals surface area (Å²) in [6, 6.07) is 6.17. The predicted octanol–water partition coefficient (Wildman–Crippen LogP) is 3.73. The molecule has 1 atom stereocenters. The second kappa shape index (κ2) is 6.86. The van der Waals surface area contributed by atoms with Crippen LogP contribution in [0.2, 0.25) is 0 Å². The maximum absolute atomic E-state index is 13.6. The smallest absolute Gasteiger partial charge is 0.315 e. The molecule has 2 aromatic rings. The van der Waals surface area contributed by atoms with E-state index in [1.54, 1.807) is 16.9 Å². The second-order valence-corrected chi connectivity index (χ2v) is 7.44. The minimum absolute atomic E-state index is 0.0147. The van der Waals surface area contributed by atoms with Crippen molar-refractivity contribution in [3.63, 3.8) is 0 Å². The average Bonchev–Trinajstić information content (AvgIpc) is 2.95. The van der Waals surface area contributed by atoms with Crippen molar-refractivity contribution in [2.24, 2.45) is 5.41 Å². The quantitative estimate of drug-likeness (QED) is 0.888. The Labute approximate surface area is 147 Å². The summed E-state index contributed by atoms with van der Waals surface area (Å²) in [6.07, 6.45) is 4.36. The fourth-order valence-electron chi connectivity index (χ4n) is 3.45. The number of aromatic nitrogens is 2. The first-order valence-electron chi connectivity index (χ1n) is 8.77. The van der Waals surface area contributed by atoms with E-state index >= 15 is 0 Å². The van der Waals surface area contributed by atoms with Gasteiger partial charge < -0.3 is 10.6 Å². The highest BCUT2D eigenvalue weighted by Gasteiger charge is 2.36. The summed E-state index contributed by atoms with van der Waals surface area (Å²) in [7, 11) is 0. The number of halogens is 1. The summed E-state index contributed by atoms with van der Waals surface area (Å²) in [6.45, 7) is 7.03.